The van der Waals surface area contributed by atoms with Crippen LogP contribution in [0.1, 0.15) is 34.1 Å². The van der Waals surface area contributed by atoms with Crippen molar-refractivity contribution in [2.24, 2.45) is 17.6 Å². The number of aliphatic hydroxyl groups is 1. The summed E-state index contributed by atoms with van der Waals surface area (Å²) in [6, 6.07) is -2.83. The van der Waals surface area contributed by atoms with E-state index in [0.717, 1.165) is 4.90 Å². The number of aliphatic hydroxyl groups excluding tert-OH is 1. The maximum Gasteiger partial charge on any atom is 0.322 e. The molecule has 7 N–H and O–H groups in total. The first-order valence-corrected chi connectivity index (χ1v) is 10.2. The number of amides is 4. The second-order valence-corrected chi connectivity index (χ2v) is 8.28. The van der Waals surface area contributed by atoms with Gasteiger partial charge in [-0.25, -0.2) is 0 Å². The fraction of sp³-hybridized carbons (Fsp3) is 0.737. The van der Waals surface area contributed by atoms with Crippen LogP contribution >= 0.6 is 0 Å². The number of β-amino-alcohol motifs (C(OH)–C–C–N with tert-alkyl or cyclic N) is 1. The van der Waals surface area contributed by atoms with E-state index in [4.69, 9.17) is 10.8 Å². The third-order valence-corrected chi connectivity index (χ3v) is 4.97. The van der Waals surface area contributed by atoms with Gasteiger partial charge in [0.1, 0.15) is 18.6 Å². The fourth-order valence-corrected chi connectivity index (χ4v) is 3.09. The summed E-state index contributed by atoms with van der Waals surface area (Å²) in [5.74, 6) is -4.09. The van der Waals surface area contributed by atoms with Crippen LogP contribution in [0.2, 0.25) is 0 Å². The highest BCUT2D eigenvalue weighted by molar-refractivity contribution is 5.94. The molecule has 1 saturated heterocycles. The van der Waals surface area contributed by atoms with Crippen molar-refractivity contribution in [1.29, 1.82) is 0 Å². The lowest BCUT2D eigenvalue weighted by molar-refractivity contribution is -0.143. The van der Waals surface area contributed by atoms with Crippen LogP contribution in [-0.4, -0.2) is 88.6 Å². The Labute approximate surface area is 180 Å². The summed E-state index contributed by atoms with van der Waals surface area (Å²) in [5, 5.41) is 25.8. The SMILES string of the molecule is CC(C)C(N)C(=O)NCC(=O)NC(C(=O)N1CC(O)CC1C(=O)NCC(=O)O)C(C)C. The Hall–Kier alpha value is -2.73. The van der Waals surface area contributed by atoms with Crippen LogP contribution in [0.25, 0.3) is 0 Å². The van der Waals surface area contributed by atoms with Gasteiger partial charge in [-0.3, -0.25) is 24.0 Å². The van der Waals surface area contributed by atoms with Crippen LogP contribution in [-0.2, 0) is 24.0 Å². The molecule has 1 heterocycles. The Morgan fingerprint density at radius 1 is 1.03 bits per heavy atom. The number of carboxylic acid groups (broad SMARTS) is 1. The number of carbonyl (C=O) groups is 5. The van der Waals surface area contributed by atoms with Gasteiger partial charge in [0.2, 0.25) is 23.6 Å². The molecule has 176 valence electrons. The summed E-state index contributed by atoms with van der Waals surface area (Å²) in [7, 11) is 0. The third-order valence-electron chi connectivity index (χ3n) is 4.97. The van der Waals surface area contributed by atoms with Gasteiger partial charge >= 0.3 is 5.97 Å². The van der Waals surface area contributed by atoms with Gasteiger partial charge in [0.25, 0.3) is 0 Å². The maximum atomic E-state index is 13.1. The molecule has 0 saturated carbocycles. The van der Waals surface area contributed by atoms with E-state index in [-0.39, 0.29) is 31.3 Å². The molecule has 1 rings (SSSR count). The molecule has 0 radical (unpaired) electrons. The lowest BCUT2D eigenvalue weighted by Gasteiger charge is -2.30. The molecule has 0 aromatic heterocycles. The van der Waals surface area contributed by atoms with Gasteiger partial charge in [-0.05, 0) is 11.8 Å². The molecule has 12 nitrogen and oxygen atoms in total. The molecule has 0 aromatic rings. The van der Waals surface area contributed by atoms with Crippen LogP contribution in [0.3, 0.4) is 0 Å². The molecule has 0 aromatic carbocycles. The highest BCUT2D eigenvalue weighted by atomic mass is 16.4. The van der Waals surface area contributed by atoms with E-state index >= 15 is 0 Å². The lowest BCUT2D eigenvalue weighted by atomic mass is 10.0. The highest BCUT2D eigenvalue weighted by Crippen LogP contribution is 2.21. The van der Waals surface area contributed by atoms with Crippen molar-refractivity contribution < 1.29 is 34.2 Å². The Balaban J connectivity index is 2.80. The van der Waals surface area contributed by atoms with Crippen molar-refractivity contribution in [3.63, 3.8) is 0 Å². The molecule has 1 aliphatic heterocycles. The lowest BCUT2D eigenvalue weighted by Crippen LogP contribution is -2.57. The largest absolute Gasteiger partial charge is 0.480 e. The van der Waals surface area contributed by atoms with Gasteiger partial charge in [0, 0.05) is 13.0 Å². The first-order chi connectivity index (χ1) is 14.3. The van der Waals surface area contributed by atoms with Gasteiger partial charge in [-0.2, -0.15) is 0 Å². The number of nitrogens with one attached hydrogen (secondary N) is 3. The first-order valence-electron chi connectivity index (χ1n) is 10.2. The predicted molar refractivity (Wildman–Crippen MR) is 109 cm³/mol. The third kappa shape index (κ3) is 7.79. The predicted octanol–water partition coefficient (Wildman–Crippen LogP) is -2.61. The highest BCUT2D eigenvalue weighted by Gasteiger charge is 2.42. The van der Waals surface area contributed by atoms with E-state index in [2.05, 4.69) is 16.0 Å². The van der Waals surface area contributed by atoms with Crippen molar-refractivity contribution in [2.45, 2.75) is 58.3 Å². The van der Waals surface area contributed by atoms with Crippen molar-refractivity contribution in [3.05, 3.63) is 0 Å². The average Bonchev–Trinajstić information content (AvgIpc) is 3.08. The molecule has 4 atom stereocenters. The summed E-state index contributed by atoms with van der Waals surface area (Å²) in [6.45, 7) is 5.82. The minimum absolute atomic E-state index is 0.0426. The number of carboxylic acids is 1. The van der Waals surface area contributed by atoms with E-state index in [1.54, 1.807) is 27.7 Å². The van der Waals surface area contributed by atoms with Crippen LogP contribution < -0.4 is 21.7 Å². The van der Waals surface area contributed by atoms with Gasteiger partial charge in [0.15, 0.2) is 0 Å². The normalized spacial score (nSPS) is 20.3. The van der Waals surface area contributed by atoms with Crippen molar-refractivity contribution in [3.8, 4) is 0 Å². The van der Waals surface area contributed by atoms with Crippen LogP contribution in [0.4, 0.5) is 0 Å². The number of nitrogens with zero attached hydrogens (tertiary/aromatic N) is 1. The number of likely N-dealkylation sites (tertiary alicyclic amines) is 1. The zero-order valence-electron chi connectivity index (χ0n) is 18.3. The summed E-state index contributed by atoms with van der Waals surface area (Å²) in [5.41, 5.74) is 5.72. The van der Waals surface area contributed by atoms with E-state index in [1.807, 2.05) is 0 Å². The molecular weight excluding hydrogens is 410 g/mol. The zero-order valence-corrected chi connectivity index (χ0v) is 18.3. The zero-order chi connectivity index (χ0) is 23.9. The van der Waals surface area contributed by atoms with Crippen LogP contribution in [0.15, 0.2) is 0 Å². The Kier molecular flexibility index (Phi) is 9.85. The van der Waals surface area contributed by atoms with Gasteiger partial charge in [-0.1, -0.05) is 27.7 Å². The van der Waals surface area contributed by atoms with E-state index in [1.165, 1.54) is 0 Å². The maximum absolute atomic E-state index is 13.1. The molecular formula is C19H33N5O7. The Morgan fingerprint density at radius 2 is 1.65 bits per heavy atom. The molecule has 31 heavy (non-hydrogen) atoms. The Morgan fingerprint density at radius 3 is 2.16 bits per heavy atom. The summed E-state index contributed by atoms with van der Waals surface area (Å²) in [6.07, 6.45) is -0.996. The van der Waals surface area contributed by atoms with E-state index in [0.29, 0.717) is 0 Å². The molecule has 0 bridgehead atoms. The summed E-state index contributed by atoms with van der Waals surface area (Å²) >= 11 is 0. The number of hydrogen-bond acceptors (Lipinski definition) is 7. The minimum Gasteiger partial charge on any atom is -0.480 e. The van der Waals surface area contributed by atoms with Crippen molar-refractivity contribution in [2.75, 3.05) is 19.6 Å². The number of carbonyl (C=O) groups excluding carboxylic acids is 4. The molecule has 1 aliphatic rings. The van der Waals surface area contributed by atoms with Crippen molar-refractivity contribution in [1.82, 2.24) is 20.9 Å². The number of rotatable bonds is 10. The molecule has 1 fully saturated rings. The first kappa shape index (κ1) is 26.3. The molecule has 0 aliphatic carbocycles. The van der Waals surface area contributed by atoms with Crippen molar-refractivity contribution >= 4 is 29.6 Å². The van der Waals surface area contributed by atoms with Crippen LogP contribution in [0, 0.1) is 11.8 Å². The topological polar surface area (TPSA) is 191 Å². The minimum atomic E-state index is -1.24. The molecule has 4 unspecified atom stereocenters. The quantitative estimate of drug-likeness (QED) is 0.211. The second kappa shape index (κ2) is 11.6. The second-order valence-electron chi connectivity index (χ2n) is 8.28. The van der Waals surface area contributed by atoms with Crippen LogP contribution in [0.5, 0.6) is 0 Å². The van der Waals surface area contributed by atoms with Gasteiger partial charge in [0.05, 0.1) is 18.7 Å². The van der Waals surface area contributed by atoms with Gasteiger partial charge < -0.3 is 36.8 Å². The average molecular weight is 444 g/mol. The summed E-state index contributed by atoms with van der Waals surface area (Å²) in [4.78, 5) is 61.4. The van der Waals surface area contributed by atoms with E-state index in [9.17, 15) is 29.1 Å². The number of nitrogens with two attached hydrogens (primary N) is 1. The molecule has 4 amide bonds. The van der Waals surface area contributed by atoms with Gasteiger partial charge in [-0.15, -0.1) is 0 Å². The molecule has 12 heteroatoms. The summed E-state index contributed by atoms with van der Waals surface area (Å²) < 4.78 is 0. The fourth-order valence-electron chi connectivity index (χ4n) is 3.09. The Bertz CT molecular complexity index is 697. The smallest absolute Gasteiger partial charge is 0.322 e. The standard InChI is InChI=1S/C19H33N5O7/c1-9(2)15(20)18(30)21-6-13(26)23-16(10(3)4)19(31)24-8-11(25)5-12(24)17(29)22-7-14(27)28/h9-12,15-16,25H,5-8,20H2,1-4H3,(H,21,30)(H,22,29)(H,23,26)(H,27,28). The number of hydrogen-bond donors (Lipinski definition) is 6. The number of aliphatic carboxylic acids is 1. The molecule has 0 spiro atoms. The monoisotopic (exact) mass is 443 g/mol. The van der Waals surface area contributed by atoms with E-state index < -0.39 is 60.4 Å².